The van der Waals surface area contributed by atoms with Gasteiger partial charge in [0.25, 0.3) is 0 Å². The van der Waals surface area contributed by atoms with E-state index in [1.165, 1.54) is 38.9 Å². The second kappa shape index (κ2) is 7.23. The van der Waals surface area contributed by atoms with Crippen molar-refractivity contribution in [3.05, 3.63) is 23.9 Å². The average molecular weight is 290 g/mol. The summed E-state index contributed by atoms with van der Waals surface area (Å²) in [5.41, 5.74) is 1.12. The Labute approximate surface area is 127 Å². The Morgan fingerprint density at radius 1 is 1.29 bits per heavy atom. The summed E-state index contributed by atoms with van der Waals surface area (Å²) in [5, 5.41) is 0. The molecule has 1 aromatic rings. The van der Waals surface area contributed by atoms with E-state index in [-0.39, 0.29) is 0 Å². The Balaban J connectivity index is 1.38. The van der Waals surface area contributed by atoms with Crippen LogP contribution in [-0.4, -0.2) is 49.3 Å². The van der Waals surface area contributed by atoms with Gasteiger partial charge >= 0.3 is 0 Å². The van der Waals surface area contributed by atoms with E-state index in [0.717, 1.165) is 37.2 Å². The summed E-state index contributed by atoms with van der Waals surface area (Å²) in [6.07, 6.45) is 5.51. The van der Waals surface area contributed by atoms with E-state index in [4.69, 9.17) is 9.47 Å². The molecule has 1 unspecified atom stereocenters. The van der Waals surface area contributed by atoms with Crippen LogP contribution >= 0.6 is 0 Å². The number of hydrogen-bond donors (Lipinski definition) is 0. The molecular formula is C17H26N2O2. The number of nitrogens with zero attached hydrogens (tertiary/aromatic N) is 2. The van der Waals surface area contributed by atoms with Crippen molar-refractivity contribution in [2.75, 3.05) is 39.5 Å². The van der Waals surface area contributed by atoms with E-state index >= 15 is 0 Å². The molecule has 0 spiro atoms. The highest BCUT2D eigenvalue weighted by Crippen LogP contribution is 2.22. The van der Waals surface area contributed by atoms with Crippen LogP contribution in [0.25, 0.3) is 0 Å². The molecule has 0 saturated carbocycles. The number of hydrogen-bond acceptors (Lipinski definition) is 4. The summed E-state index contributed by atoms with van der Waals surface area (Å²) in [4.78, 5) is 6.90. The van der Waals surface area contributed by atoms with E-state index in [9.17, 15) is 0 Å². The predicted octanol–water partition coefficient (Wildman–Crippen LogP) is 2.52. The minimum Gasteiger partial charge on any atom is -0.477 e. The highest BCUT2D eigenvalue weighted by Gasteiger charge is 2.24. The van der Waals surface area contributed by atoms with Crippen LogP contribution in [0.4, 0.5) is 0 Å². The lowest BCUT2D eigenvalue weighted by Crippen LogP contribution is -2.38. The number of ether oxygens (including phenoxy) is 2. The van der Waals surface area contributed by atoms with E-state index in [0.29, 0.717) is 5.92 Å². The number of piperidine rings is 1. The third-order valence-corrected chi connectivity index (χ3v) is 4.66. The normalized spacial score (nSPS) is 24.3. The number of rotatable bonds is 5. The van der Waals surface area contributed by atoms with Crippen LogP contribution in [0, 0.1) is 18.8 Å². The van der Waals surface area contributed by atoms with Crippen LogP contribution in [0.5, 0.6) is 5.88 Å². The number of likely N-dealkylation sites (tertiary alicyclic amines) is 1. The Kier molecular flexibility index (Phi) is 5.09. The molecule has 0 amide bonds. The molecule has 0 radical (unpaired) electrons. The molecule has 2 aliphatic rings. The molecule has 116 valence electrons. The van der Waals surface area contributed by atoms with Gasteiger partial charge in [-0.1, -0.05) is 6.07 Å². The van der Waals surface area contributed by atoms with Crippen molar-refractivity contribution in [3.63, 3.8) is 0 Å². The molecule has 3 heterocycles. The van der Waals surface area contributed by atoms with Gasteiger partial charge in [0.05, 0.1) is 13.2 Å². The molecule has 2 fully saturated rings. The third-order valence-electron chi connectivity index (χ3n) is 4.66. The Morgan fingerprint density at radius 3 is 2.86 bits per heavy atom. The Hall–Kier alpha value is -1.13. The van der Waals surface area contributed by atoms with Gasteiger partial charge in [-0.15, -0.1) is 0 Å². The lowest BCUT2D eigenvalue weighted by atomic mass is 9.96. The zero-order chi connectivity index (χ0) is 14.5. The van der Waals surface area contributed by atoms with Crippen LogP contribution in [0.3, 0.4) is 0 Å². The zero-order valence-corrected chi connectivity index (χ0v) is 13.0. The second-order valence-electron chi connectivity index (χ2n) is 6.41. The summed E-state index contributed by atoms with van der Waals surface area (Å²) >= 11 is 0. The number of aromatic nitrogens is 1. The van der Waals surface area contributed by atoms with Gasteiger partial charge in [0.1, 0.15) is 0 Å². The van der Waals surface area contributed by atoms with Crippen LogP contribution < -0.4 is 4.74 Å². The molecule has 1 aromatic heterocycles. The van der Waals surface area contributed by atoms with E-state index in [1.807, 2.05) is 6.07 Å². The summed E-state index contributed by atoms with van der Waals surface area (Å²) < 4.78 is 11.4. The predicted molar refractivity (Wildman–Crippen MR) is 82.6 cm³/mol. The van der Waals surface area contributed by atoms with Crippen LogP contribution in [-0.2, 0) is 4.74 Å². The minimum atomic E-state index is 0.669. The van der Waals surface area contributed by atoms with Gasteiger partial charge in [0.2, 0.25) is 5.88 Å². The first-order valence-electron chi connectivity index (χ1n) is 8.16. The molecular weight excluding hydrogens is 264 g/mol. The highest BCUT2D eigenvalue weighted by molar-refractivity contribution is 5.23. The molecule has 4 heteroatoms. The van der Waals surface area contributed by atoms with E-state index in [2.05, 4.69) is 22.9 Å². The maximum Gasteiger partial charge on any atom is 0.216 e. The van der Waals surface area contributed by atoms with Gasteiger partial charge in [-0.25, -0.2) is 4.98 Å². The molecule has 0 bridgehead atoms. The molecule has 0 aliphatic carbocycles. The Morgan fingerprint density at radius 2 is 2.14 bits per heavy atom. The fourth-order valence-electron chi connectivity index (χ4n) is 3.25. The molecule has 4 nitrogen and oxygen atoms in total. The zero-order valence-electron chi connectivity index (χ0n) is 13.0. The first-order valence-corrected chi connectivity index (χ1v) is 8.16. The topological polar surface area (TPSA) is 34.6 Å². The average Bonchev–Trinajstić information content (AvgIpc) is 3.01. The van der Waals surface area contributed by atoms with Crippen molar-refractivity contribution in [1.29, 1.82) is 0 Å². The van der Waals surface area contributed by atoms with Gasteiger partial charge < -0.3 is 14.4 Å². The molecule has 2 aliphatic heterocycles. The molecule has 21 heavy (non-hydrogen) atoms. The first kappa shape index (κ1) is 14.8. The fourth-order valence-corrected chi connectivity index (χ4v) is 3.25. The molecule has 2 saturated heterocycles. The minimum absolute atomic E-state index is 0.669. The summed E-state index contributed by atoms with van der Waals surface area (Å²) in [7, 11) is 0. The summed E-state index contributed by atoms with van der Waals surface area (Å²) in [5.74, 6) is 2.22. The van der Waals surface area contributed by atoms with Crippen LogP contribution in [0.2, 0.25) is 0 Å². The summed E-state index contributed by atoms with van der Waals surface area (Å²) in [6, 6.07) is 4.00. The van der Waals surface area contributed by atoms with Crippen molar-refractivity contribution < 1.29 is 9.47 Å². The molecule has 1 atom stereocenters. The maximum atomic E-state index is 5.90. The maximum absolute atomic E-state index is 5.90. The van der Waals surface area contributed by atoms with E-state index in [1.54, 1.807) is 6.20 Å². The van der Waals surface area contributed by atoms with Crippen molar-refractivity contribution in [2.45, 2.75) is 26.2 Å². The van der Waals surface area contributed by atoms with Gasteiger partial charge in [0, 0.05) is 24.9 Å². The first-order chi connectivity index (χ1) is 10.3. The molecule has 0 N–H and O–H groups in total. The largest absolute Gasteiger partial charge is 0.477 e. The smallest absolute Gasteiger partial charge is 0.216 e. The molecule has 0 aromatic carbocycles. The molecule has 3 rings (SSSR count). The lowest BCUT2D eigenvalue weighted by Gasteiger charge is -2.33. The van der Waals surface area contributed by atoms with Crippen LogP contribution in [0.1, 0.15) is 24.8 Å². The SMILES string of the molecule is Cc1cccnc1OCC1CCN(CC2CCOC2)CC1. The number of pyridine rings is 1. The van der Waals surface area contributed by atoms with Crippen molar-refractivity contribution in [3.8, 4) is 5.88 Å². The van der Waals surface area contributed by atoms with Crippen LogP contribution in [0.15, 0.2) is 18.3 Å². The van der Waals surface area contributed by atoms with Gasteiger partial charge in [0.15, 0.2) is 0 Å². The summed E-state index contributed by atoms with van der Waals surface area (Å²) in [6.45, 7) is 8.39. The van der Waals surface area contributed by atoms with Gasteiger partial charge in [-0.05, 0) is 57.2 Å². The Bertz CT molecular complexity index is 438. The fraction of sp³-hybridized carbons (Fsp3) is 0.706. The quantitative estimate of drug-likeness (QED) is 0.834. The van der Waals surface area contributed by atoms with E-state index < -0.39 is 0 Å². The van der Waals surface area contributed by atoms with Crippen molar-refractivity contribution in [2.24, 2.45) is 11.8 Å². The standard InChI is InChI=1S/C17H26N2O2/c1-14-3-2-7-18-17(14)21-13-15-4-8-19(9-5-15)11-16-6-10-20-12-16/h2-3,7,15-16H,4-6,8-13H2,1H3. The second-order valence-corrected chi connectivity index (χ2v) is 6.41. The lowest BCUT2D eigenvalue weighted by molar-refractivity contribution is 0.118. The van der Waals surface area contributed by atoms with Crippen molar-refractivity contribution in [1.82, 2.24) is 9.88 Å². The number of aryl methyl sites for hydroxylation is 1. The monoisotopic (exact) mass is 290 g/mol. The highest BCUT2D eigenvalue weighted by atomic mass is 16.5. The van der Waals surface area contributed by atoms with Gasteiger partial charge in [-0.3, -0.25) is 0 Å². The van der Waals surface area contributed by atoms with Gasteiger partial charge in [-0.2, -0.15) is 0 Å². The van der Waals surface area contributed by atoms with Crippen molar-refractivity contribution >= 4 is 0 Å². The third kappa shape index (κ3) is 4.17.